The number of likely N-dealkylation sites (tertiary alicyclic amines) is 1. The van der Waals surface area contributed by atoms with Crippen LogP contribution < -0.4 is 16.4 Å². The summed E-state index contributed by atoms with van der Waals surface area (Å²) < 4.78 is 1.81. The predicted octanol–water partition coefficient (Wildman–Crippen LogP) is 1.50. The summed E-state index contributed by atoms with van der Waals surface area (Å²) in [7, 11) is 0. The van der Waals surface area contributed by atoms with E-state index in [9.17, 15) is 19.2 Å². The normalized spacial score (nSPS) is 26.8. The summed E-state index contributed by atoms with van der Waals surface area (Å²) in [6, 6.07) is 7.14. The number of nitrogens with zero attached hydrogens (tertiary/aromatic N) is 3. The first-order valence-electron chi connectivity index (χ1n) is 11.7. The third-order valence-electron chi connectivity index (χ3n) is 7.44. The highest BCUT2D eigenvalue weighted by Gasteiger charge is 2.52. The van der Waals surface area contributed by atoms with Gasteiger partial charge in [0, 0.05) is 19.1 Å². The van der Waals surface area contributed by atoms with Gasteiger partial charge in [0.15, 0.2) is 0 Å². The number of rotatable bonds is 4. The molecule has 3 aliphatic rings. The number of carbonyl (C=O) groups excluding carboxylic acids is 3. The van der Waals surface area contributed by atoms with E-state index in [4.69, 9.17) is 0 Å². The van der Waals surface area contributed by atoms with Crippen LogP contribution in [-0.2, 0) is 9.59 Å². The van der Waals surface area contributed by atoms with Crippen molar-refractivity contribution < 1.29 is 14.4 Å². The van der Waals surface area contributed by atoms with Gasteiger partial charge >= 0.3 is 11.7 Å². The Labute approximate surface area is 191 Å². The fraction of sp³-hybridized carbons (Fsp3) is 0.565. The number of hydrogen-bond donors (Lipinski definition) is 3. The van der Waals surface area contributed by atoms with Crippen molar-refractivity contribution in [2.45, 2.75) is 57.0 Å². The number of nitrogens with one attached hydrogen (secondary N) is 3. The third kappa shape index (κ3) is 3.92. The number of urea groups is 1. The number of carbonyl (C=O) groups is 3. The number of aromatic amines is 1. The molecule has 1 aromatic heterocycles. The van der Waals surface area contributed by atoms with Gasteiger partial charge in [0.05, 0.1) is 17.6 Å². The van der Waals surface area contributed by atoms with Gasteiger partial charge in [-0.1, -0.05) is 19.1 Å². The molecule has 0 unspecified atom stereocenters. The second-order valence-electron chi connectivity index (χ2n) is 9.69. The molecule has 3 fully saturated rings. The van der Waals surface area contributed by atoms with E-state index in [-0.39, 0.29) is 30.1 Å². The monoisotopic (exact) mass is 454 g/mol. The minimum atomic E-state index is -0.873. The molecule has 4 amide bonds. The molecular formula is C23H30N6O4. The number of fused-ring (bicyclic) bond motifs is 1. The Bertz CT molecular complexity index is 1140. The third-order valence-corrected chi connectivity index (χ3v) is 7.44. The second kappa shape index (κ2) is 8.33. The number of imide groups is 1. The van der Waals surface area contributed by atoms with E-state index in [1.807, 2.05) is 33.7 Å². The van der Waals surface area contributed by atoms with Gasteiger partial charge in [-0.3, -0.25) is 24.5 Å². The molecule has 0 atom stereocenters. The number of imidazole rings is 1. The van der Waals surface area contributed by atoms with Crippen LogP contribution in [0.5, 0.6) is 0 Å². The zero-order chi connectivity index (χ0) is 23.2. The van der Waals surface area contributed by atoms with Gasteiger partial charge in [-0.15, -0.1) is 0 Å². The van der Waals surface area contributed by atoms with Gasteiger partial charge in [0.1, 0.15) is 5.54 Å². The van der Waals surface area contributed by atoms with Crippen molar-refractivity contribution in [3.8, 4) is 0 Å². The first-order valence-corrected chi connectivity index (χ1v) is 11.7. The van der Waals surface area contributed by atoms with Crippen LogP contribution in [0, 0.1) is 5.92 Å². The molecule has 10 heteroatoms. The van der Waals surface area contributed by atoms with E-state index in [0.717, 1.165) is 41.7 Å². The number of amides is 4. The van der Waals surface area contributed by atoms with Crippen molar-refractivity contribution in [3.63, 3.8) is 0 Å². The van der Waals surface area contributed by atoms with Crippen molar-refractivity contribution in [1.29, 1.82) is 0 Å². The zero-order valence-electron chi connectivity index (χ0n) is 18.8. The maximum Gasteiger partial charge on any atom is 0.344 e. The predicted molar refractivity (Wildman–Crippen MR) is 121 cm³/mol. The maximum absolute atomic E-state index is 12.9. The highest BCUT2D eigenvalue weighted by molar-refractivity contribution is 6.08. The van der Waals surface area contributed by atoms with E-state index in [1.54, 1.807) is 0 Å². The van der Waals surface area contributed by atoms with Crippen molar-refractivity contribution in [1.82, 2.24) is 30.2 Å². The lowest BCUT2D eigenvalue weighted by molar-refractivity contribution is -0.140. The van der Waals surface area contributed by atoms with E-state index >= 15 is 0 Å². The van der Waals surface area contributed by atoms with Gasteiger partial charge in [-0.25, -0.2) is 9.59 Å². The largest absolute Gasteiger partial charge is 0.344 e. The molecule has 2 aliphatic heterocycles. The van der Waals surface area contributed by atoms with Gasteiger partial charge in [0.25, 0.3) is 11.8 Å². The van der Waals surface area contributed by atoms with Crippen LogP contribution in [0.15, 0.2) is 29.1 Å². The second-order valence-corrected chi connectivity index (χ2v) is 9.69. The molecule has 2 saturated heterocycles. The first kappa shape index (κ1) is 21.7. The Balaban J connectivity index is 1.17. The molecular weight excluding hydrogens is 424 g/mol. The maximum atomic E-state index is 12.9. The van der Waals surface area contributed by atoms with E-state index in [0.29, 0.717) is 31.8 Å². The number of hydrazine groups is 1. The molecule has 0 bridgehead atoms. The molecule has 3 N–H and O–H groups in total. The quantitative estimate of drug-likeness (QED) is 0.605. The molecule has 5 rings (SSSR count). The smallest absolute Gasteiger partial charge is 0.322 e. The summed E-state index contributed by atoms with van der Waals surface area (Å²) in [5.74, 6) is -0.209. The standard InChI is InChI=1S/C23H30N6O4/c1-15-6-10-23(11-7-15)20(31)29(22(33)25-23)26-19(30)14-27-12-8-16(9-13-27)28-18-5-3-2-4-17(18)24-21(28)32/h2-5,15-16H,6-14H2,1H3,(H,24,32)(H,25,33)(H,26,30). The number of aromatic nitrogens is 2. The van der Waals surface area contributed by atoms with Crippen LogP contribution in [0.25, 0.3) is 11.0 Å². The number of H-pyrrole nitrogens is 1. The highest BCUT2D eigenvalue weighted by atomic mass is 16.2. The zero-order valence-corrected chi connectivity index (χ0v) is 18.8. The fourth-order valence-electron chi connectivity index (χ4n) is 5.45. The lowest BCUT2D eigenvalue weighted by Gasteiger charge is -2.33. The molecule has 1 aromatic carbocycles. The number of benzene rings is 1. The molecule has 0 radical (unpaired) electrons. The van der Waals surface area contributed by atoms with Crippen molar-refractivity contribution in [2.24, 2.45) is 5.92 Å². The summed E-state index contributed by atoms with van der Waals surface area (Å²) in [4.78, 5) is 55.3. The Morgan fingerprint density at radius 3 is 2.52 bits per heavy atom. The molecule has 1 spiro atoms. The van der Waals surface area contributed by atoms with Crippen LogP contribution in [0.3, 0.4) is 0 Å². The van der Waals surface area contributed by atoms with Crippen LogP contribution in [0.4, 0.5) is 4.79 Å². The first-order chi connectivity index (χ1) is 15.9. The summed E-state index contributed by atoms with van der Waals surface area (Å²) >= 11 is 0. The minimum absolute atomic E-state index is 0.0625. The highest BCUT2D eigenvalue weighted by Crippen LogP contribution is 2.35. The number of piperidine rings is 1. The number of para-hydroxylation sites is 2. The van der Waals surface area contributed by atoms with Gasteiger partial charge < -0.3 is 10.3 Å². The van der Waals surface area contributed by atoms with E-state index < -0.39 is 11.6 Å². The Kier molecular flexibility index (Phi) is 5.48. The van der Waals surface area contributed by atoms with Gasteiger partial charge in [0.2, 0.25) is 0 Å². The Morgan fingerprint density at radius 1 is 1.09 bits per heavy atom. The summed E-state index contributed by atoms with van der Waals surface area (Å²) in [6.07, 6.45) is 4.43. The van der Waals surface area contributed by atoms with Crippen LogP contribution >= 0.6 is 0 Å². The Hall–Kier alpha value is -3.14. The summed E-state index contributed by atoms with van der Waals surface area (Å²) in [6.45, 7) is 3.53. The molecule has 1 saturated carbocycles. The van der Waals surface area contributed by atoms with Crippen molar-refractivity contribution >= 4 is 28.9 Å². The van der Waals surface area contributed by atoms with E-state index in [1.165, 1.54) is 0 Å². The van der Waals surface area contributed by atoms with Gasteiger partial charge in [-0.05, 0) is 56.6 Å². The van der Waals surface area contributed by atoms with Gasteiger partial charge in [-0.2, -0.15) is 5.01 Å². The lowest BCUT2D eigenvalue weighted by Crippen LogP contribution is -2.53. The SMILES string of the molecule is CC1CCC2(CC1)NC(=O)N(NC(=O)CN1CCC(n3c(=O)[nH]c4ccccc43)CC1)C2=O. The van der Waals surface area contributed by atoms with Crippen molar-refractivity contribution in [2.75, 3.05) is 19.6 Å². The summed E-state index contributed by atoms with van der Waals surface area (Å²) in [5.41, 5.74) is 3.24. The lowest BCUT2D eigenvalue weighted by atomic mass is 9.77. The molecule has 3 heterocycles. The molecule has 1 aliphatic carbocycles. The molecule has 10 nitrogen and oxygen atoms in total. The Morgan fingerprint density at radius 2 is 1.79 bits per heavy atom. The fourth-order valence-corrected chi connectivity index (χ4v) is 5.45. The number of hydrogen-bond acceptors (Lipinski definition) is 5. The van der Waals surface area contributed by atoms with Crippen LogP contribution in [0.1, 0.15) is 51.5 Å². The average molecular weight is 455 g/mol. The summed E-state index contributed by atoms with van der Waals surface area (Å²) in [5, 5.41) is 3.67. The molecule has 33 heavy (non-hydrogen) atoms. The van der Waals surface area contributed by atoms with E-state index in [2.05, 4.69) is 22.7 Å². The molecule has 2 aromatic rings. The minimum Gasteiger partial charge on any atom is -0.322 e. The van der Waals surface area contributed by atoms with Crippen LogP contribution in [-0.4, -0.2) is 62.5 Å². The average Bonchev–Trinajstić information content (AvgIpc) is 3.25. The molecule has 176 valence electrons. The van der Waals surface area contributed by atoms with Crippen molar-refractivity contribution in [3.05, 3.63) is 34.7 Å². The topological polar surface area (TPSA) is 120 Å². The van der Waals surface area contributed by atoms with Crippen LogP contribution in [0.2, 0.25) is 0 Å².